The second-order valence-corrected chi connectivity index (χ2v) is 6.31. The molecule has 3 aromatic rings. The number of benzene rings is 2. The molecule has 0 unspecified atom stereocenters. The molecule has 1 aromatic heterocycles. The summed E-state index contributed by atoms with van der Waals surface area (Å²) in [6, 6.07) is 18.0. The average Bonchev–Trinajstić information content (AvgIpc) is 2.75. The molecule has 6 heteroatoms. The molecule has 6 nitrogen and oxygen atoms in total. The van der Waals surface area contributed by atoms with Gasteiger partial charge in [-0.05, 0) is 36.1 Å². The fraction of sp³-hybridized carbons (Fsp3) is 0.227. The van der Waals surface area contributed by atoms with Crippen LogP contribution in [0.15, 0.2) is 67.0 Å². The van der Waals surface area contributed by atoms with Crippen LogP contribution in [0.1, 0.15) is 21.5 Å². The molecule has 0 saturated heterocycles. The van der Waals surface area contributed by atoms with Crippen molar-refractivity contribution in [3.8, 4) is 5.75 Å². The molecule has 1 heterocycles. The van der Waals surface area contributed by atoms with E-state index in [1.165, 1.54) is 5.56 Å². The monoisotopic (exact) mass is 376 g/mol. The minimum atomic E-state index is -0.177. The zero-order valence-electron chi connectivity index (χ0n) is 15.9. The number of nitrogens with zero attached hydrogens (tertiary/aromatic N) is 2. The maximum absolute atomic E-state index is 12.2. The van der Waals surface area contributed by atoms with Gasteiger partial charge in [0.15, 0.2) is 0 Å². The van der Waals surface area contributed by atoms with Crippen LogP contribution < -0.4 is 15.4 Å². The van der Waals surface area contributed by atoms with Crippen LogP contribution in [0, 0.1) is 0 Å². The second-order valence-electron chi connectivity index (χ2n) is 6.31. The highest BCUT2D eigenvalue weighted by Gasteiger charge is 2.07. The van der Waals surface area contributed by atoms with Crippen LogP contribution in [0.4, 0.5) is 5.95 Å². The van der Waals surface area contributed by atoms with Crippen molar-refractivity contribution in [1.82, 2.24) is 15.3 Å². The molecule has 0 saturated carbocycles. The smallest absolute Gasteiger partial charge is 0.254 e. The van der Waals surface area contributed by atoms with E-state index >= 15 is 0 Å². The molecule has 0 fully saturated rings. The fourth-order valence-corrected chi connectivity index (χ4v) is 2.71. The number of aromatic nitrogens is 2. The molecule has 0 spiro atoms. The Bertz CT molecular complexity index is 865. The van der Waals surface area contributed by atoms with E-state index in [4.69, 9.17) is 4.74 Å². The quantitative estimate of drug-likeness (QED) is 0.600. The minimum absolute atomic E-state index is 0.177. The number of carbonyl (C=O) groups excluding carboxylic acids is 1. The molecule has 0 aliphatic heterocycles. The fourth-order valence-electron chi connectivity index (χ4n) is 2.71. The van der Waals surface area contributed by atoms with E-state index < -0.39 is 0 Å². The Balaban J connectivity index is 1.41. The van der Waals surface area contributed by atoms with Crippen molar-refractivity contribution in [3.05, 3.63) is 83.7 Å². The van der Waals surface area contributed by atoms with Gasteiger partial charge in [-0.15, -0.1) is 0 Å². The first-order valence-electron chi connectivity index (χ1n) is 9.25. The van der Waals surface area contributed by atoms with Crippen molar-refractivity contribution < 1.29 is 9.53 Å². The van der Waals surface area contributed by atoms with Gasteiger partial charge in [-0.25, -0.2) is 9.97 Å². The van der Waals surface area contributed by atoms with Gasteiger partial charge < -0.3 is 15.4 Å². The lowest BCUT2D eigenvalue weighted by molar-refractivity contribution is 0.0953. The Hall–Kier alpha value is -3.41. The molecule has 2 N–H and O–H groups in total. The van der Waals surface area contributed by atoms with E-state index in [0.29, 0.717) is 18.1 Å². The van der Waals surface area contributed by atoms with E-state index in [9.17, 15) is 4.79 Å². The van der Waals surface area contributed by atoms with Gasteiger partial charge in [0.25, 0.3) is 5.91 Å². The van der Waals surface area contributed by atoms with Gasteiger partial charge in [0.1, 0.15) is 5.75 Å². The number of hydrogen-bond acceptors (Lipinski definition) is 5. The van der Waals surface area contributed by atoms with Crippen LogP contribution >= 0.6 is 0 Å². The molecular weight excluding hydrogens is 352 g/mol. The van der Waals surface area contributed by atoms with Crippen LogP contribution in [0.25, 0.3) is 0 Å². The number of nitrogens with one attached hydrogen (secondary N) is 2. The summed E-state index contributed by atoms with van der Waals surface area (Å²) in [5.74, 6) is 1.16. The number of rotatable bonds is 9. The van der Waals surface area contributed by atoms with Crippen molar-refractivity contribution in [1.29, 1.82) is 0 Å². The van der Waals surface area contributed by atoms with Crippen molar-refractivity contribution in [2.24, 2.45) is 0 Å². The van der Waals surface area contributed by atoms with E-state index in [1.54, 1.807) is 19.5 Å². The topological polar surface area (TPSA) is 76.1 Å². The number of amides is 1. The SMILES string of the molecule is COc1ccc(CCNC(=O)c2cnc(NCCc3ccccc3)nc2)cc1. The Labute approximate surface area is 165 Å². The van der Waals surface area contributed by atoms with Crippen molar-refractivity contribution in [2.45, 2.75) is 12.8 Å². The zero-order valence-corrected chi connectivity index (χ0v) is 15.9. The third kappa shape index (κ3) is 5.81. The first kappa shape index (κ1) is 19.4. The normalized spacial score (nSPS) is 10.3. The first-order valence-corrected chi connectivity index (χ1v) is 9.25. The molecule has 0 aliphatic carbocycles. The van der Waals surface area contributed by atoms with Gasteiger partial charge in [0.2, 0.25) is 5.95 Å². The summed E-state index contributed by atoms with van der Waals surface area (Å²) >= 11 is 0. The first-order chi connectivity index (χ1) is 13.7. The summed E-state index contributed by atoms with van der Waals surface area (Å²) in [7, 11) is 1.64. The molecule has 0 aliphatic rings. The Morgan fingerprint density at radius 2 is 1.54 bits per heavy atom. The number of ether oxygens (including phenoxy) is 1. The standard InChI is InChI=1S/C22H24N4O2/c1-28-20-9-7-18(8-10-20)11-13-23-21(27)19-15-25-22(26-16-19)24-14-12-17-5-3-2-4-6-17/h2-10,15-16H,11-14H2,1H3,(H,23,27)(H,24,25,26). The average molecular weight is 376 g/mol. The highest BCUT2D eigenvalue weighted by Crippen LogP contribution is 2.11. The summed E-state index contributed by atoms with van der Waals surface area (Å²) in [6.45, 7) is 1.28. The third-order valence-corrected chi connectivity index (χ3v) is 4.31. The van der Waals surface area contributed by atoms with Gasteiger partial charge in [0.05, 0.1) is 12.7 Å². The van der Waals surface area contributed by atoms with Crippen LogP contribution in [-0.4, -0.2) is 36.1 Å². The largest absolute Gasteiger partial charge is 0.497 e. The van der Waals surface area contributed by atoms with Crippen LogP contribution in [-0.2, 0) is 12.8 Å². The zero-order chi connectivity index (χ0) is 19.6. The minimum Gasteiger partial charge on any atom is -0.497 e. The van der Waals surface area contributed by atoms with E-state index in [0.717, 1.165) is 30.7 Å². The lowest BCUT2D eigenvalue weighted by Gasteiger charge is -2.07. The highest BCUT2D eigenvalue weighted by molar-refractivity contribution is 5.93. The maximum atomic E-state index is 12.2. The van der Waals surface area contributed by atoms with Gasteiger partial charge in [-0.1, -0.05) is 42.5 Å². The number of carbonyl (C=O) groups is 1. The third-order valence-electron chi connectivity index (χ3n) is 4.31. The number of methoxy groups -OCH3 is 1. The predicted octanol–water partition coefficient (Wildman–Crippen LogP) is 3.11. The second kappa shape index (κ2) is 10.1. The van der Waals surface area contributed by atoms with Crippen molar-refractivity contribution in [3.63, 3.8) is 0 Å². The Morgan fingerprint density at radius 3 is 2.21 bits per heavy atom. The molecule has 2 aromatic carbocycles. The molecular formula is C22H24N4O2. The van der Waals surface area contributed by atoms with E-state index in [1.807, 2.05) is 42.5 Å². The van der Waals surface area contributed by atoms with Crippen molar-refractivity contribution in [2.75, 3.05) is 25.5 Å². The molecule has 0 radical (unpaired) electrons. The summed E-state index contributed by atoms with van der Waals surface area (Å²) in [5.41, 5.74) is 2.83. The molecule has 0 bridgehead atoms. The molecule has 28 heavy (non-hydrogen) atoms. The van der Waals surface area contributed by atoms with E-state index in [2.05, 4.69) is 32.7 Å². The van der Waals surface area contributed by atoms with Gasteiger partial charge in [-0.2, -0.15) is 0 Å². The van der Waals surface area contributed by atoms with Crippen LogP contribution in [0.3, 0.4) is 0 Å². The summed E-state index contributed by atoms with van der Waals surface area (Å²) < 4.78 is 5.14. The lowest BCUT2D eigenvalue weighted by Crippen LogP contribution is -2.26. The molecule has 144 valence electrons. The van der Waals surface area contributed by atoms with Gasteiger partial charge >= 0.3 is 0 Å². The maximum Gasteiger partial charge on any atom is 0.254 e. The highest BCUT2D eigenvalue weighted by atomic mass is 16.5. The molecule has 1 amide bonds. The Kier molecular flexibility index (Phi) is 6.95. The number of anilines is 1. The summed E-state index contributed by atoms with van der Waals surface area (Å²) in [6.07, 6.45) is 4.72. The predicted molar refractivity (Wildman–Crippen MR) is 110 cm³/mol. The molecule has 3 rings (SSSR count). The Morgan fingerprint density at radius 1 is 0.893 bits per heavy atom. The van der Waals surface area contributed by atoms with E-state index in [-0.39, 0.29) is 5.91 Å². The summed E-state index contributed by atoms with van der Waals surface area (Å²) in [5, 5.41) is 6.06. The molecule has 0 atom stereocenters. The summed E-state index contributed by atoms with van der Waals surface area (Å²) in [4.78, 5) is 20.7. The van der Waals surface area contributed by atoms with Crippen LogP contribution in [0.5, 0.6) is 5.75 Å². The van der Waals surface area contributed by atoms with Gasteiger partial charge in [0, 0.05) is 25.5 Å². The van der Waals surface area contributed by atoms with Crippen molar-refractivity contribution >= 4 is 11.9 Å². The number of hydrogen-bond donors (Lipinski definition) is 2. The van der Waals surface area contributed by atoms with Crippen LogP contribution in [0.2, 0.25) is 0 Å². The van der Waals surface area contributed by atoms with Gasteiger partial charge in [-0.3, -0.25) is 4.79 Å². The lowest BCUT2D eigenvalue weighted by atomic mass is 10.1.